The van der Waals surface area contributed by atoms with Gasteiger partial charge in [0.05, 0.1) is 15.8 Å². The molecule has 4 heterocycles. The lowest BCUT2D eigenvalue weighted by Crippen LogP contribution is -2.31. The predicted molar refractivity (Wildman–Crippen MR) is 130 cm³/mol. The standard InChI is InChI=1S/C25H23N5OS/c1-16-7-8-21(31-16)20-15-32-23-22(20)29-24(18-9-11-27-12-10-18)30-25(23)28-14-19(26)13-17-5-3-2-4-6-17/h2-12,15,19H,13-14,26H2,1H3,(H,28,29,30)/t19-/m0/s1. The van der Waals surface area contributed by atoms with Crippen LogP contribution >= 0.6 is 11.3 Å². The van der Waals surface area contributed by atoms with Gasteiger partial charge in [-0.05, 0) is 43.2 Å². The number of nitrogens with two attached hydrogens (primary N) is 1. The summed E-state index contributed by atoms with van der Waals surface area (Å²) < 4.78 is 6.87. The minimum atomic E-state index is -0.0426. The number of nitrogens with one attached hydrogen (secondary N) is 1. The Morgan fingerprint density at radius 3 is 2.59 bits per heavy atom. The second-order valence-electron chi connectivity index (χ2n) is 7.70. The molecule has 0 saturated heterocycles. The van der Waals surface area contributed by atoms with Gasteiger partial charge in [-0.3, -0.25) is 4.98 Å². The zero-order valence-electron chi connectivity index (χ0n) is 17.7. The molecule has 0 radical (unpaired) electrons. The molecule has 32 heavy (non-hydrogen) atoms. The first kappa shape index (κ1) is 20.4. The highest BCUT2D eigenvalue weighted by Crippen LogP contribution is 2.38. The van der Waals surface area contributed by atoms with Crippen molar-refractivity contribution in [2.75, 3.05) is 11.9 Å². The molecule has 5 rings (SSSR count). The van der Waals surface area contributed by atoms with Gasteiger partial charge in [0.2, 0.25) is 0 Å². The van der Waals surface area contributed by atoms with E-state index >= 15 is 0 Å². The summed E-state index contributed by atoms with van der Waals surface area (Å²) in [5.74, 6) is 3.10. The van der Waals surface area contributed by atoms with Gasteiger partial charge in [0.1, 0.15) is 17.3 Å². The highest BCUT2D eigenvalue weighted by Gasteiger charge is 2.18. The summed E-state index contributed by atoms with van der Waals surface area (Å²) in [6.45, 7) is 2.54. The summed E-state index contributed by atoms with van der Waals surface area (Å²) in [5.41, 5.74) is 10.4. The number of pyridine rings is 1. The monoisotopic (exact) mass is 441 g/mol. The Morgan fingerprint density at radius 2 is 1.84 bits per heavy atom. The van der Waals surface area contributed by atoms with Gasteiger partial charge in [-0.2, -0.15) is 0 Å². The van der Waals surface area contributed by atoms with Gasteiger partial charge in [-0.25, -0.2) is 9.97 Å². The van der Waals surface area contributed by atoms with Crippen LogP contribution < -0.4 is 11.1 Å². The number of hydrogen-bond acceptors (Lipinski definition) is 7. The summed E-state index contributed by atoms with van der Waals surface area (Å²) in [4.78, 5) is 13.8. The van der Waals surface area contributed by atoms with Crippen molar-refractivity contribution in [2.45, 2.75) is 19.4 Å². The second kappa shape index (κ2) is 8.90. The van der Waals surface area contributed by atoms with Crippen LogP contribution in [0.25, 0.3) is 32.9 Å². The Bertz CT molecular complexity index is 1330. The molecule has 1 aromatic carbocycles. The topological polar surface area (TPSA) is 89.9 Å². The Morgan fingerprint density at radius 1 is 1.03 bits per heavy atom. The number of thiophene rings is 1. The quantitative estimate of drug-likeness (QED) is 0.356. The molecule has 4 aromatic heterocycles. The lowest BCUT2D eigenvalue weighted by Gasteiger charge is -2.14. The highest BCUT2D eigenvalue weighted by molar-refractivity contribution is 7.18. The normalized spacial score (nSPS) is 12.2. The first-order valence-corrected chi connectivity index (χ1v) is 11.3. The molecule has 1 atom stereocenters. The van der Waals surface area contributed by atoms with Gasteiger partial charge < -0.3 is 15.5 Å². The van der Waals surface area contributed by atoms with Gasteiger partial charge >= 0.3 is 0 Å². The Labute approximate surface area is 190 Å². The van der Waals surface area contributed by atoms with E-state index in [0.29, 0.717) is 12.4 Å². The smallest absolute Gasteiger partial charge is 0.162 e. The molecule has 0 amide bonds. The van der Waals surface area contributed by atoms with Gasteiger partial charge in [0.15, 0.2) is 5.82 Å². The van der Waals surface area contributed by atoms with E-state index in [9.17, 15) is 0 Å². The molecule has 0 aliphatic carbocycles. The minimum Gasteiger partial charge on any atom is -0.461 e. The molecule has 0 saturated carbocycles. The maximum absolute atomic E-state index is 6.42. The summed E-state index contributed by atoms with van der Waals surface area (Å²) >= 11 is 1.60. The summed E-state index contributed by atoms with van der Waals surface area (Å²) in [6.07, 6.45) is 4.28. The number of furan rings is 1. The summed E-state index contributed by atoms with van der Waals surface area (Å²) in [6, 6.07) is 18.0. The van der Waals surface area contributed by atoms with Crippen molar-refractivity contribution in [3.05, 3.63) is 83.7 Å². The minimum absolute atomic E-state index is 0.0426. The molecule has 6 nitrogen and oxygen atoms in total. The van der Waals surface area contributed by atoms with Crippen molar-refractivity contribution < 1.29 is 4.42 Å². The number of hydrogen-bond donors (Lipinski definition) is 2. The van der Waals surface area contributed by atoms with Crippen molar-refractivity contribution in [2.24, 2.45) is 5.73 Å². The van der Waals surface area contributed by atoms with Crippen molar-refractivity contribution in [1.82, 2.24) is 15.0 Å². The molecule has 5 aromatic rings. The molecule has 0 unspecified atom stereocenters. The molecular formula is C25H23N5OS. The van der Waals surface area contributed by atoms with E-state index in [1.54, 1.807) is 23.7 Å². The maximum Gasteiger partial charge on any atom is 0.162 e. The third-order valence-electron chi connectivity index (χ3n) is 5.23. The zero-order valence-corrected chi connectivity index (χ0v) is 18.5. The molecule has 7 heteroatoms. The Kier molecular flexibility index (Phi) is 5.66. The first-order valence-electron chi connectivity index (χ1n) is 10.5. The lowest BCUT2D eigenvalue weighted by molar-refractivity contribution is 0.549. The number of fused-ring (bicyclic) bond motifs is 1. The number of anilines is 1. The van der Waals surface area contributed by atoms with E-state index in [0.717, 1.165) is 45.1 Å². The van der Waals surface area contributed by atoms with Crippen molar-refractivity contribution >= 4 is 27.4 Å². The van der Waals surface area contributed by atoms with Crippen LogP contribution in [0.1, 0.15) is 11.3 Å². The molecule has 0 fully saturated rings. The SMILES string of the molecule is Cc1ccc(-c2csc3c(NC[C@@H](N)Cc4ccccc4)nc(-c4ccncc4)nc23)o1. The molecular weight excluding hydrogens is 418 g/mol. The third-order valence-corrected chi connectivity index (χ3v) is 6.21. The molecule has 3 N–H and O–H groups in total. The summed E-state index contributed by atoms with van der Waals surface area (Å²) in [7, 11) is 0. The average molecular weight is 442 g/mol. The van der Waals surface area contributed by atoms with E-state index in [-0.39, 0.29) is 6.04 Å². The van der Waals surface area contributed by atoms with Gasteiger partial charge in [0.25, 0.3) is 0 Å². The number of aryl methyl sites for hydroxylation is 1. The fraction of sp³-hybridized carbons (Fsp3) is 0.160. The Hall–Kier alpha value is -3.55. The molecule has 0 bridgehead atoms. The van der Waals surface area contributed by atoms with Crippen LogP contribution in [0.2, 0.25) is 0 Å². The van der Waals surface area contributed by atoms with Crippen LogP contribution in [0.3, 0.4) is 0 Å². The Balaban J connectivity index is 1.50. The van der Waals surface area contributed by atoms with Crippen LogP contribution in [0.5, 0.6) is 0 Å². The van der Waals surface area contributed by atoms with Crippen molar-refractivity contribution in [3.63, 3.8) is 0 Å². The molecule has 0 aliphatic rings. The number of rotatable bonds is 7. The second-order valence-corrected chi connectivity index (χ2v) is 8.58. The molecule has 0 aliphatic heterocycles. The van der Waals surface area contributed by atoms with Crippen molar-refractivity contribution in [1.29, 1.82) is 0 Å². The largest absolute Gasteiger partial charge is 0.461 e. The van der Waals surface area contributed by atoms with Crippen LogP contribution in [-0.2, 0) is 6.42 Å². The summed E-state index contributed by atoms with van der Waals surface area (Å²) in [5, 5.41) is 5.55. The van der Waals surface area contributed by atoms with E-state index in [1.165, 1.54) is 5.56 Å². The van der Waals surface area contributed by atoms with E-state index in [1.807, 2.05) is 49.4 Å². The zero-order chi connectivity index (χ0) is 21.9. The lowest BCUT2D eigenvalue weighted by atomic mass is 10.1. The van der Waals surface area contributed by atoms with Crippen LogP contribution in [0.4, 0.5) is 5.82 Å². The maximum atomic E-state index is 6.42. The van der Waals surface area contributed by atoms with Crippen molar-refractivity contribution in [3.8, 4) is 22.7 Å². The fourth-order valence-electron chi connectivity index (χ4n) is 3.64. The number of nitrogens with zero attached hydrogens (tertiary/aromatic N) is 3. The van der Waals surface area contributed by atoms with Crippen LogP contribution in [0, 0.1) is 6.92 Å². The van der Waals surface area contributed by atoms with Crippen LogP contribution in [-0.4, -0.2) is 27.5 Å². The number of benzene rings is 1. The molecule has 160 valence electrons. The number of aromatic nitrogens is 3. The predicted octanol–water partition coefficient (Wildman–Crippen LogP) is 5.30. The van der Waals surface area contributed by atoms with Gasteiger partial charge in [0, 0.05) is 35.9 Å². The highest BCUT2D eigenvalue weighted by atomic mass is 32.1. The van der Waals surface area contributed by atoms with Gasteiger partial charge in [-0.1, -0.05) is 30.3 Å². The van der Waals surface area contributed by atoms with Gasteiger partial charge in [-0.15, -0.1) is 11.3 Å². The van der Waals surface area contributed by atoms with E-state index in [4.69, 9.17) is 20.1 Å². The molecule has 0 spiro atoms. The van der Waals surface area contributed by atoms with Crippen LogP contribution in [0.15, 0.2) is 76.8 Å². The first-order chi connectivity index (χ1) is 15.7. The fourth-order valence-corrected chi connectivity index (χ4v) is 4.60. The van der Waals surface area contributed by atoms with E-state index in [2.05, 4.69) is 27.8 Å². The third kappa shape index (κ3) is 4.26. The van der Waals surface area contributed by atoms with E-state index < -0.39 is 0 Å². The average Bonchev–Trinajstić information content (AvgIpc) is 3.44.